The monoisotopic (exact) mass is 219 g/mol. The van der Waals surface area contributed by atoms with Crippen LogP contribution in [0.25, 0.3) is 0 Å². The van der Waals surface area contributed by atoms with E-state index in [1.165, 1.54) is 5.57 Å². The first-order chi connectivity index (χ1) is 7.72. The Morgan fingerprint density at radius 2 is 2.38 bits per heavy atom. The zero-order valence-corrected chi connectivity index (χ0v) is 10.4. The second-order valence-corrected chi connectivity index (χ2v) is 4.13. The van der Waals surface area contributed by atoms with Crippen molar-refractivity contribution in [1.82, 2.24) is 10.6 Å². The molecule has 0 heterocycles. The highest BCUT2D eigenvalue weighted by atomic mass is 14.9. The highest BCUT2D eigenvalue weighted by molar-refractivity contribution is 5.34. The van der Waals surface area contributed by atoms with Crippen LogP contribution in [0.1, 0.15) is 26.7 Å². The maximum absolute atomic E-state index is 9.14. The molecule has 0 spiro atoms. The van der Waals surface area contributed by atoms with E-state index in [0.717, 1.165) is 25.0 Å². The normalized spacial score (nSPS) is 22.8. The molecule has 0 amide bonds. The van der Waals surface area contributed by atoms with E-state index in [-0.39, 0.29) is 6.04 Å². The molecule has 1 aliphatic rings. The summed E-state index contributed by atoms with van der Waals surface area (Å²) in [6.45, 7) is 5.13. The van der Waals surface area contributed by atoms with Gasteiger partial charge in [-0.2, -0.15) is 5.26 Å². The van der Waals surface area contributed by atoms with Crippen LogP contribution in [0, 0.1) is 11.3 Å². The smallest absolute Gasteiger partial charge is 0.118 e. The summed E-state index contributed by atoms with van der Waals surface area (Å²) in [6.07, 6.45) is 6.52. The Hall–Kier alpha value is -1.11. The van der Waals surface area contributed by atoms with Crippen LogP contribution in [0.3, 0.4) is 0 Å². The average Bonchev–Trinajstić information content (AvgIpc) is 2.44. The number of rotatable bonds is 4. The number of allylic oxidation sites excluding steroid dienone is 3. The van der Waals surface area contributed by atoms with Gasteiger partial charge in [0.2, 0.25) is 0 Å². The van der Waals surface area contributed by atoms with Gasteiger partial charge in [0.05, 0.1) is 6.07 Å². The zero-order chi connectivity index (χ0) is 12.0. The number of nitriles is 1. The Morgan fingerprint density at radius 1 is 1.62 bits per heavy atom. The van der Waals surface area contributed by atoms with Crippen molar-refractivity contribution in [3.63, 3.8) is 0 Å². The fourth-order valence-corrected chi connectivity index (χ4v) is 2.12. The van der Waals surface area contributed by atoms with Gasteiger partial charge in [0.1, 0.15) is 6.04 Å². The summed E-state index contributed by atoms with van der Waals surface area (Å²) in [5.41, 5.74) is 2.42. The van der Waals surface area contributed by atoms with Crippen molar-refractivity contribution >= 4 is 0 Å². The Kier molecular flexibility index (Phi) is 5.24. The lowest BCUT2D eigenvalue weighted by molar-refractivity contribution is 0.527. The second kappa shape index (κ2) is 6.47. The van der Waals surface area contributed by atoms with Crippen LogP contribution in [0.4, 0.5) is 0 Å². The summed E-state index contributed by atoms with van der Waals surface area (Å²) >= 11 is 0. The molecule has 2 N–H and O–H groups in total. The average molecular weight is 219 g/mol. The molecule has 0 fully saturated rings. The molecule has 16 heavy (non-hydrogen) atoms. The Labute approximate surface area is 98.2 Å². The van der Waals surface area contributed by atoms with E-state index in [4.69, 9.17) is 5.26 Å². The molecule has 3 heteroatoms. The molecule has 1 rings (SSSR count). The van der Waals surface area contributed by atoms with Gasteiger partial charge in [0, 0.05) is 6.04 Å². The molecule has 0 bridgehead atoms. The highest BCUT2D eigenvalue weighted by Crippen LogP contribution is 2.20. The minimum atomic E-state index is -0.189. The third-order valence-corrected chi connectivity index (χ3v) is 2.92. The van der Waals surface area contributed by atoms with Crippen LogP contribution in [0.5, 0.6) is 0 Å². The van der Waals surface area contributed by atoms with Crippen LogP contribution in [0.15, 0.2) is 23.3 Å². The van der Waals surface area contributed by atoms with E-state index in [0.29, 0.717) is 6.04 Å². The lowest BCUT2D eigenvalue weighted by Crippen LogP contribution is -2.39. The number of nitrogens with zero attached hydrogens (tertiary/aromatic N) is 1. The zero-order valence-electron chi connectivity index (χ0n) is 10.4. The van der Waals surface area contributed by atoms with Crippen molar-refractivity contribution in [2.75, 3.05) is 13.6 Å². The van der Waals surface area contributed by atoms with Crippen molar-refractivity contribution < 1.29 is 0 Å². The van der Waals surface area contributed by atoms with Crippen LogP contribution in [0.2, 0.25) is 0 Å². The first-order valence-corrected chi connectivity index (χ1v) is 5.91. The molecule has 0 aromatic heterocycles. The van der Waals surface area contributed by atoms with Crippen molar-refractivity contribution in [1.29, 1.82) is 5.26 Å². The Balaban J connectivity index is 2.94. The standard InChI is InChI=1S/C13H21N3/c1-4-16-12-7-5-6-10(2)8-11(12)13(9-14)15-3/h6,8,12-13,15-16H,4-5,7H2,1-3H3. The molecule has 0 saturated carbocycles. The first-order valence-electron chi connectivity index (χ1n) is 5.91. The van der Waals surface area contributed by atoms with Gasteiger partial charge in [-0.3, -0.25) is 0 Å². The number of hydrogen-bond acceptors (Lipinski definition) is 3. The molecule has 0 aromatic carbocycles. The van der Waals surface area contributed by atoms with Crippen molar-refractivity contribution in [2.24, 2.45) is 0 Å². The molecule has 0 aromatic rings. The minimum Gasteiger partial charge on any atom is -0.310 e. The van der Waals surface area contributed by atoms with Crippen molar-refractivity contribution in [3.05, 3.63) is 23.3 Å². The van der Waals surface area contributed by atoms with Gasteiger partial charge in [-0.05, 0) is 38.9 Å². The summed E-state index contributed by atoms with van der Waals surface area (Å²) in [6, 6.07) is 2.44. The number of likely N-dealkylation sites (N-methyl/N-ethyl adjacent to an activating group) is 2. The molecule has 0 saturated heterocycles. The third-order valence-electron chi connectivity index (χ3n) is 2.92. The summed E-state index contributed by atoms with van der Waals surface area (Å²) in [7, 11) is 1.83. The molecular formula is C13H21N3. The maximum Gasteiger partial charge on any atom is 0.118 e. The minimum absolute atomic E-state index is 0.189. The molecule has 2 unspecified atom stereocenters. The van der Waals surface area contributed by atoms with E-state index in [9.17, 15) is 0 Å². The van der Waals surface area contributed by atoms with Crippen LogP contribution < -0.4 is 10.6 Å². The summed E-state index contributed by atoms with van der Waals surface area (Å²) < 4.78 is 0. The van der Waals surface area contributed by atoms with Gasteiger partial charge in [-0.15, -0.1) is 0 Å². The fourth-order valence-electron chi connectivity index (χ4n) is 2.12. The fraction of sp³-hybridized carbons (Fsp3) is 0.615. The van der Waals surface area contributed by atoms with Crippen LogP contribution >= 0.6 is 0 Å². The van der Waals surface area contributed by atoms with E-state index in [2.05, 4.69) is 42.7 Å². The molecule has 2 atom stereocenters. The van der Waals surface area contributed by atoms with Gasteiger partial charge >= 0.3 is 0 Å². The largest absolute Gasteiger partial charge is 0.310 e. The Bertz CT molecular complexity index is 323. The van der Waals surface area contributed by atoms with Gasteiger partial charge in [0.15, 0.2) is 0 Å². The lowest BCUT2D eigenvalue weighted by atomic mass is 9.96. The SMILES string of the molecule is CCNC1CCC=C(C)C=C1C(C#N)NC. The van der Waals surface area contributed by atoms with E-state index in [1.54, 1.807) is 0 Å². The van der Waals surface area contributed by atoms with E-state index < -0.39 is 0 Å². The molecule has 3 nitrogen and oxygen atoms in total. The van der Waals surface area contributed by atoms with Gasteiger partial charge < -0.3 is 10.6 Å². The maximum atomic E-state index is 9.14. The van der Waals surface area contributed by atoms with Crippen LogP contribution in [-0.2, 0) is 0 Å². The summed E-state index contributed by atoms with van der Waals surface area (Å²) in [5.74, 6) is 0. The van der Waals surface area contributed by atoms with Crippen molar-refractivity contribution in [3.8, 4) is 6.07 Å². The summed E-state index contributed by atoms with van der Waals surface area (Å²) in [4.78, 5) is 0. The van der Waals surface area contributed by atoms with E-state index in [1.807, 2.05) is 7.05 Å². The second-order valence-electron chi connectivity index (χ2n) is 4.13. The predicted octanol–water partition coefficient (Wildman–Crippen LogP) is 1.74. The number of hydrogen-bond donors (Lipinski definition) is 2. The van der Waals surface area contributed by atoms with Crippen LogP contribution in [-0.4, -0.2) is 25.7 Å². The molecule has 0 radical (unpaired) electrons. The number of nitrogens with one attached hydrogen (secondary N) is 2. The first kappa shape index (κ1) is 13.0. The molecule has 1 aliphatic carbocycles. The van der Waals surface area contributed by atoms with Gasteiger partial charge in [0.25, 0.3) is 0 Å². The predicted molar refractivity (Wildman–Crippen MR) is 67.0 cm³/mol. The highest BCUT2D eigenvalue weighted by Gasteiger charge is 2.21. The van der Waals surface area contributed by atoms with Gasteiger partial charge in [-0.25, -0.2) is 0 Å². The van der Waals surface area contributed by atoms with Gasteiger partial charge in [-0.1, -0.05) is 24.6 Å². The molecular weight excluding hydrogens is 198 g/mol. The molecule has 88 valence electrons. The van der Waals surface area contributed by atoms with E-state index >= 15 is 0 Å². The Morgan fingerprint density at radius 3 is 2.94 bits per heavy atom. The quantitative estimate of drug-likeness (QED) is 0.757. The summed E-state index contributed by atoms with van der Waals surface area (Å²) in [5, 5.41) is 15.7. The lowest BCUT2D eigenvalue weighted by Gasteiger charge is -2.23. The third kappa shape index (κ3) is 3.19. The van der Waals surface area contributed by atoms with Crippen molar-refractivity contribution in [2.45, 2.75) is 38.8 Å². The molecule has 0 aliphatic heterocycles. The topological polar surface area (TPSA) is 47.9 Å².